The van der Waals surface area contributed by atoms with Crippen molar-refractivity contribution in [3.8, 4) is 0 Å². The summed E-state index contributed by atoms with van der Waals surface area (Å²) >= 11 is 0. The summed E-state index contributed by atoms with van der Waals surface area (Å²) in [4.78, 5) is 21.9. The molecule has 1 aromatic heterocycles. The Morgan fingerprint density at radius 3 is 1.80 bits per heavy atom. The van der Waals surface area contributed by atoms with Gasteiger partial charge < -0.3 is 9.67 Å². The van der Waals surface area contributed by atoms with E-state index in [1.54, 1.807) is 12.1 Å². The monoisotopic (exact) mass is 267 g/mol. The number of nitrogens with zero attached hydrogens (tertiary/aromatic N) is 1. The van der Waals surface area contributed by atoms with Crippen LogP contribution in [0.15, 0.2) is 36.4 Å². The highest BCUT2D eigenvalue weighted by Gasteiger charge is 2.11. The lowest BCUT2D eigenvalue weighted by atomic mass is 10.1. The zero-order valence-corrected chi connectivity index (χ0v) is 10.7. The molecule has 3 rings (SSSR count). The van der Waals surface area contributed by atoms with Crippen molar-refractivity contribution in [3.05, 3.63) is 47.5 Å². The molecule has 20 heavy (non-hydrogen) atoms. The lowest BCUT2D eigenvalue weighted by Gasteiger charge is -2.04. The van der Waals surface area contributed by atoms with Crippen LogP contribution in [0.4, 0.5) is 0 Å². The van der Waals surface area contributed by atoms with Gasteiger partial charge in [-0.1, -0.05) is 0 Å². The third-order valence-corrected chi connectivity index (χ3v) is 3.51. The van der Waals surface area contributed by atoms with Gasteiger partial charge >= 0.3 is 0 Å². The van der Waals surface area contributed by atoms with Crippen LogP contribution in [0.25, 0.3) is 21.8 Å². The first kappa shape index (κ1) is 12.6. The smallest absolute Gasteiger partial charge is 0.150 e. The van der Waals surface area contributed by atoms with Crippen molar-refractivity contribution in [1.82, 2.24) is 4.57 Å². The van der Waals surface area contributed by atoms with Gasteiger partial charge in [-0.25, -0.2) is 0 Å². The van der Waals surface area contributed by atoms with Crippen molar-refractivity contribution in [2.24, 2.45) is 0 Å². The van der Waals surface area contributed by atoms with Crippen molar-refractivity contribution >= 4 is 34.4 Å². The van der Waals surface area contributed by atoms with Crippen LogP contribution in [-0.2, 0) is 6.54 Å². The fraction of sp³-hybridized carbons (Fsp3) is 0.125. The number of rotatable bonds is 4. The van der Waals surface area contributed by atoms with E-state index in [2.05, 4.69) is 0 Å². The number of benzene rings is 2. The van der Waals surface area contributed by atoms with E-state index in [0.29, 0.717) is 17.7 Å². The molecule has 0 saturated carbocycles. The minimum Gasteiger partial charge on any atom is -0.395 e. The normalized spacial score (nSPS) is 11.1. The number of aldehydes is 2. The molecule has 4 heteroatoms. The molecule has 0 aliphatic rings. The first-order valence-corrected chi connectivity index (χ1v) is 6.35. The van der Waals surface area contributed by atoms with Gasteiger partial charge in [-0.15, -0.1) is 0 Å². The molecule has 0 aliphatic carbocycles. The Bertz CT molecular complexity index is 752. The fourth-order valence-corrected chi connectivity index (χ4v) is 2.63. The number of carbonyl (C=O) groups excluding carboxylic acids is 2. The van der Waals surface area contributed by atoms with Crippen LogP contribution in [0.5, 0.6) is 0 Å². The Hall–Kier alpha value is -2.46. The fourth-order valence-electron chi connectivity index (χ4n) is 2.63. The van der Waals surface area contributed by atoms with Gasteiger partial charge in [0.25, 0.3) is 0 Å². The summed E-state index contributed by atoms with van der Waals surface area (Å²) in [6.45, 7) is 0.505. The van der Waals surface area contributed by atoms with Crippen LogP contribution < -0.4 is 0 Å². The van der Waals surface area contributed by atoms with E-state index < -0.39 is 0 Å². The summed E-state index contributed by atoms with van der Waals surface area (Å²) in [5, 5.41) is 11.1. The van der Waals surface area contributed by atoms with Crippen LogP contribution in [0.2, 0.25) is 0 Å². The minimum atomic E-state index is 0.0315. The van der Waals surface area contributed by atoms with Crippen molar-refractivity contribution in [2.45, 2.75) is 6.54 Å². The lowest BCUT2D eigenvalue weighted by Crippen LogP contribution is -2.01. The zero-order chi connectivity index (χ0) is 14.1. The number of fused-ring (bicyclic) bond motifs is 3. The summed E-state index contributed by atoms with van der Waals surface area (Å²) in [5.41, 5.74) is 3.08. The van der Waals surface area contributed by atoms with Gasteiger partial charge in [-0.2, -0.15) is 0 Å². The molecule has 0 radical (unpaired) electrons. The Morgan fingerprint density at radius 2 is 1.40 bits per heavy atom. The molecule has 0 atom stereocenters. The third-order valence-electron chi connectivity index (χ3n) is 3.51. The molecular weight excluding hydrogens is 254 g/mol. The molecule has 0 fully saturated rings. The van der Waals surface area contributed by atoms with Gasteiger partial charge in [-0.3, -0.25) is 9.59 Å². The van der Waals surface area contributed by atoms with Gasteiger partial charge in [0.15, 0.2) is 0 Å². The van der Waals surface area contributed by atoms with Crippen LogP contribution in [0.3, 0.4) is 0 Å². The number of hydrogen-bond donors (Lipinski definition) is 1. The average molecular weight is 267 g/mol. The highest BCUT2D eigenvalue weighted by molar-refractivity contribution is 6.10. The Labute approximate surface area is 115 Å². The van der Waals surface area contributed by atoms with E-state index in [-0.39, 0.29) is 6.61 Å². The SMILES string of the molecule is O=Cc1ccc2c(c1)c1cc(C=O)ccc1n2CCO. The van der Waals surface area contributed by atoms with Crippen LogP contribution in [-0.4, -0.2) is 28.9 Å². The standard InChI is InChI=1S/C16H13NO3/c18-6-5-17-15-3-1-11(9-19)7-13(15)14-8-12(10-20)2-4-16(14)17/h1-4,7-10,18H,5-6H2. The van der Waals surface area contributed by atoms with Crippen LogP contribution >= 0.6 is 0 Å². The van der Waals surface area contributed by atoms with E-state index in [1.165, 1.54) is 0 Å². The maximum atomic E-state index is 10.9. The topological polar surface area (TPSA) is 59.3 Å². The second kappa shape index (κ2) is 4.90. The zero-order valence-electron chi connectivity index (χ0n) is 10.7. The minimum absolute atomic E-state index is 0.0315. The molecule has 3 aromatic rings. The van der Waals surface area contributed by atoms with E-state index in [4.69, 9.17) is 0 Å². The van der Waals surface area contributed by atoms with Gasteiger partial charge in [0, 0.05) is 39.5 Å². The second-order valence-electron chi connectivity index (χ2n) is 4.66. The predicted molar refractivity (Wildman–Crippen MR) is 77.3 cm³/mol. The largest absolute Gasteiger partial charge is 0.395 e. The summed E-state index contributed by atoms with van der Waals surface area (Å²) < 4.78 is 1.99. The molecule has 0 unspecified atom stereocenters. The summed E-state index contributed by atoms with van der Waals surface area (Å²) in [5.74, 6) is 0. The lowest BCUT2D eigenvalue weighted by molar-refractivity contribution is 0.111. The molecule has 0 saturated heterocycles. The molecule has 0 bridgehead atoms. The highest BCUT2D eigenvalue weighted by atomic mass is 16.3. The molecule has 100 valence electrons. The molecular formula is C16H13NO3. The number of hydrogen-bond acceptors (Lipinski definition) is 3. The molecule has 2 aromatic carbocycles. The molecule has 1 heterocycles. The number of aliphatic hydroxyl groups excluding tert-OH is 1. The van der Waals surface area contributed by atoms with E-state index in [0.717, 1.165) is 34.4 Å². The van der Waals surface area contributed by atoms with Crippen molar-refractivity contribution in [2.75, 3.05) is 6.61 Å². The van der Waals surface area contributed by atoms with Crippen molar-refractivity contribution in [3.63, 3.8) is 0 Å². The van der Waals surface area contributed by atoms with E-state index >= 15 is 0 Å². The average Bonchev–Trinajstić information content (AvgIpc) is 2.80. The van der Waals surface area contributed by atoms with Crippen LogP contribution in [0, 0.1) is 0 Å². The first-order valence-electron chi connectivity index (χ1n) is 6.35. The summed E-state index contributed by atoms with van der Waals surface area (Å²) in [7, 11) is 0. The maximum absolute atomic E-state index is 10.9. The van der Waals surface area contributed by atoms with Gasteiger partial charge in [0.2, 0.25) is 0 Å². The Balaban J connectivity index is 2.44. The molecule has 4 nitrogen and oxygen atoms in total. The van der Waals surface area contributed by atoms with Gasteiger partial charge in [0.05, 0.1) is 6.61 Å². The van der Waals surface area contributed by atoms with E-state index in [9.17, 15) is 14.7 Å². The number of carbonyl (C=O) groups is 2. The molecule has 1 N–H and O–H groups in total. The van der Waals surface area contributed by atoms with Crippen molar-refractivity contribution in [1.29, 1.82) is 0 Å². The summed E-state index contributed by atoms with van der Waals surface area (Å²) in [6.07, 6.45) is 1.61. The predicted octanol–water partition coefficient (Wildman–Crippen LogP) is 2.41. The first-order chi connectivity index (χ1) is 9.78. The molecule has 0 spiro atoms. The molecule has 0 amide bonds. The van der Waals surface area contributed by atoms with E-state index in [1.807, 2.05) is 28.8 Å². The molecule has 0 aliphatic heterocycles. The highest BCUT2D eigenvalue weighted by Crippen LogP contribution is 2.30. The second-order valence-corrected chi connectivity index (χ2v) is 4.66. The number of aromatic nitrogens is 1. The third kappa shape index (κ3) is 1.82. The maximum Gasteiger partial charge on any atom is 0.150 e. The van der Waals surface area contributed by atoms with Gasteiger partial charge in [0.1, 0.15) is 12.6 Å². The number of aliphatic hydroxyl groups is 1. The summed E-state index contributed by atoms with van der Waals surface area (Å²) in [6, 6.07) is 10.9. The Kier molecular flexibility index (Phi) is 3.08. The van der Waals surface area contributed by atoms with Gasteiger partial charge in [-0.05, 0) is 36.4 Å². The Morgan fingerprint density at radius 1 is 0.900 bits per heavy atom. The quantitative estimate of drug-likeness (QED) is 0.738. The van der Waals surface area contributed by atoms with Crippen LogP contribution in [0.1, 0.15) is 20.7 Å². The van der Waals surface area contributed by atoms with Crippen molar-refractivity contribution < 1.29 is 14.7 Å².